The van der Waals surface area contributed by atoms with Crippen molar-refractivity contribution < 1.29 is 14.3 Å². The first-order valence-corrected chi connectivity index (χ1v) is 11.8. The summed E-state index contributed by atoms with van der Waals surface area (Å²) in [5, 5.41) is 5.21. The number of amides is 1. The fraction of sp³-hybridized carbons (Fsp3) is 0.133. The van der Waals surface area contributed by atoms with Gasteiger partial charge >= 0.3 is 0 Å². The highest BCUT2D eigenvalue weighted by Crippen LogP contribution is 2.40. The van der Waals surface area contributed by atoms with E-state index in [9.17, 15) is 4.79 Å². The number of nitrogens with zero attached hydrogens (tertiary/aromatic N) is 1. The Hall–Kier alpha value is -4.58. The Morgan fingerprint density at radius 2 is 1.81 bits per heavy atom. The molecule has 2 N–H and O–H groups in total. The highest BCUT2D eigenvalue weighted by molar-refractivity contribution is 5.95. The molecule has 1 amide bonds. The van der Waals surface area contributed by atoms with Crippen LogP contribution in [0.15, 0.2) is 91.3 Å². The molecule has 6 heteroatoms. The number of carbonyl (C=O) groups is 1. The summed E-state index contributed by atoms with van der Waals surface area (Å²) in [6.07, 6.45) is 7.11. The molecule has 0 spiro atoms. The van der Waals surface area contributed by atoms with Gasteiger partial charge in [-0.15, -0.1) is 0 Å². The number of benzene rings is 3. The maximum atomic E-state index is 12.9. The standard InChI is InChI=1S/C30H27N3O3/c1-35-27-14-6-12-23(30(27)36-2)25(24-18-32-26-13-4-3-11-22(24)26)19-33-28(34)16-15-21-9-5-8-20-10-7-17-31-29(20)21/h3-18,25,32H,19H2,1-2H3,(H,33,34)/b16-15+. The van der Waals surface area contributed by atoms with E-state index in [0.717, 1.165) is 38.5 Å². The quantitative estimate of drug-likeness (QED) is 0.281. The zero-order chi connectivity index (χ0) is 24.9. The number of fused-ring (bicyclic) bond motifs is 2. The number of H-pyrrole nitrogens is 1. The summed E-state index contributed by atoms with van der Waals surface area (Å²) in [6, 6.07) is 23.8. The number of hydrogen-bond donors (Lipinski definition) is 2. The van der Waals surface area contributed by atoms with Gasteiger partial charge in [-0.1, -0.05) is 54.6 Å². The van der Waals surface area contributed by atoms with Crippen molar-refractivity contribution in [1.82, 2.24) is 15.3 Å². The van der Waals surface area contributed by atoms with E-state index in [1.807, 2.05) is 72.9 Å². The lowest BCUT2D eigenvalue weighted by Gasteiger charge is -2.21. The van der Waals surface area contributed by atoms with E-state index in [1.165, 1.54) is 0 Å². The van der Waals surface area contributed by atoms with Gasteiger partial charge in [-0.25, -0.2) is 0 Å². The van der Waals surface area contributed by atoms with Crippen LogP contribution in [0.5, 0.6) is 11.5 Å². The minimum Gasteiger partial charge on any atom is -0.493 e. The van der Waals surface area contributed by atoms with Gasteiger partial charge in [0.15, 0.2) is 11.5 Å². The number of hydrogen-bond acceptors (Lipinski definition) is 4. The molecule has 0 aliphatic rings. The van der Waals surface area contributed by atoms with E-state index in [4.69, 9.17) is 9.47 Å². The van der Waals surface area contributed by atoms with Gasteiger partial charge in [0.05, 0.1) is 19.7 Å². The van der Waals surface area contributed by atoms with Gasteiger partial charge in [-0.2, -0.15) is 0 Å². The van der Waals surface area contributed by atoms with Crippen molar-refractivity contribution in [2.24, 2.45) is 0 Å². The van der Waals surface area contributed by atoms with Crippen LogP contribution in [0.1, 0.15) is 22.6 Å². The fourth-order valence-electron chi connectivity index (χ4n) is 4.65. The molecule has 0 saturated carbocycles. The van der Waals surface area contributed by atoms with E-state index in [-0.39, 0.29) is 11.8 Å². The van der Waals surface area contributed by atoms with Gasteiger partial charge in [-0.3, -0.25) is 9.78 Å². The maximum Gasteiger partial charge on any atom is 0.244 e. The molecular weight excluding hydrogens is 450 g/mol. The Bertz CT molecular complexity index is 1550. The van der Waals surface area contributed by atoms with Gasteiger partial charge in [0, 0.05) is 58.3 Å². The van der Waals surface area contributed by atoms with Crippen LogP contribution in [0.3, 0.4) is 0 Å². The number of aromatic nitrogens is 2. The number of pyridine rings is 1. The number of para-hydroxylation sites is 3. The van der Waals surface area contributed by atoms with Gasteiger partial charge in [0.25, 0.3) is 0 Å². The molecule has 2 heterocycles. The first-order chi connectivity index (χ1) is 17.7. The molecule has 5 rings (SSSR count). The van der Waals surface area contributed by atoms with E-state index in [0.29, 0.717) is 18.0 Å². The lowest BCUT2D eigenvalue weighted by atomic mass is 9.89. The Labute approximate surface area is 209 Å². The molecule has 180 valence electrons. The van der Waals surface area contributed by atoms with Gasteiger partial charge in [-0.05, 0) is 29.8 Å². The largest absolute Gasteiger partial charge is 0.493 e. The third kappa shape index (κ3) is 4.53. The number of carbonyl (C=O) groups excluding carboxylic acids is 1. The van der Waals surface area contributed by atoms with Crippen LogP contribution in [-0.2, 0) is 4.79 Å². The SMILES string of the molecule is COc1cccc(C(CNC(=O)/C=C/c2cccc3cccnc23)c2c[nH]c3ccccc23)c1OC. The van der Waals surface area contributed by atoms with Gasteiger partial charge < -0.3 is 19.8 Å². The molecule has 0 radical (unpaired) electrons. The smallest absolute Gasteiger partial charge is 0.244 e. The summed E-state index contributed by atoms with van der Waals surface area (Å²) in [4.78, 5) is 20.7. The summed E-state index contributed by atoms with van der Waals surface area (Å²) < 4.78 is 11.3. The first-order valence-electron chi connectivity index (χ1n) is 11.8. The van der Waals surface area contributed by atoms with Crippen LogP contribution in [-0.4, -0.2) is 36.6 Å². The number of methoxy groups -OCH3 is 2. The van der Waals surface area contributed by atoms with Crippen molar-refractivity contribution >= 4 is 33.8 Å². The second-order valence-electron chi connectivity index (χ2n) is 8.43. The van der Waals surface area contributed by atoms with Crippen LogP contribution in [0, 0.1) is 0 Å². The van der Waals surface area contributed by atoms with Gasteiger partial charge in [0.2, 0.25) is 5.91 Å². The molecule has 0 aliphatic carbocycles. The average molecular weight is 478 g/mol. The van der Waals surface area contributed by atoms with Crippen LogP contribution in [0.2, 0.25) is 0 Å². The van der Waals surface area contributed by atoms with Crippen LogP contribution < -0.4 is 14.8 Å². The molecule has 2 aromatic heterocycles. The summed E-state index contributed by atoms with van der Waals surface area (Å²) in [7, 11) is 3.25. The number of nitrogens with one attached hydrogen (secondary N) is 2. The molecule has 3 aromatic carbocycles. The normalized spacial score (nSPS) is 12.2. The zero-order valence-corrected chi connectivity index (χ0v) is 20.2. The maximum absolute atomic E-state index is 12.9. The fourth-order valence-corrected chi connectivity index (χ4v) is 4.65. The molecule has 1 atom stereocenters. The number of rotatable bonds is 8. The molecular formula is C30H27N3O3. The highest BCUT2D eigenvalue weighted by Gasteiger charge is 2.24. The van der Waals surface area contributed by atoms with Crippen LogP contribution in [0.4, 0.5) is 0 Å². The summed E-state index contributed by atoms with van der Waals surface area (Å²) in [6.45, 7) is 0.377. The first kappa shape index (κ1) is 23.2. The van der Waals surface area contributed by atoms with Crippen molar-refractivity contribution in [3.05, 3.63) is 108 Å². The third-order valence-corrected chi connectivity index (χ3v) is 6.36. The molecule has 0 aliphatic heterocycles. The third-order valence-electron chi connectivity index (χ3n) is 6.36. The summed E-state index contributed by atoms with van der Waals surface area (Å²) in [5.74, 6) is 0.953. The van der Waals surface area contributed by atoms with Crippen LogP contribution >= 0.6 is 0 Å². The Morgan fingerprint density at radius 1 is 0.972 bits per heavy atom. The van der Waals surface area contributed by atoms with Crippen LogP contribution in [0.25, 0.3) is 27.9 Å². The molecule has 36 heavy (non-hydrogen) atoms. The lowest BCUT2D eigenvalue weighted by Crippen LogP contribution is -2.27. The van der Waals surface area contributed by atoms with E-state index < -0.39 is 0 Å². The Morgan fingerprint density at radius 3 is 2.67 bits per heavy atom. The predicted octanol–water partition coefficient (Wildman–Crippen LogP) is 5.69. The second-order valence-corrected chi connectivity index (χ2v) is 8.43. The molecule has 0 saturated heterocycles. The Balaban J connectivity index is 1.45. The molecule has 0 bridgehead atoms. The van der Waals surface area contributed by atoms with Crippen molar-refractivity contribution in [3.8, 4) is 11.5 Å². The van der Waals surface area contributed by atoms with E-state index in [2.05, 4.69) is 21.4 Å². The van der Waals surface area contributed by atoms with E-state index in [1.54, 1.807) is 32.6 Å². The van der Waals surface area contributed by atoms with Crippen molar-refractivity contribution in [1.29, 1.82) is 0 Å². The molecule has 0 fully saturated rings. The number of ether oxygens (including phenoxy) is 2. The highest BCUT2D eigenvalue weighted by atomic mass is 16.5. The Kier molecular flexibility index (Phi) is 6.67. The lowest BCUT2D eigenvalue weighted by molar-refractivity contribution is -0.116. The zero-order valence-electron chi connectivity index (χ0n) is 20.2. The minimum atomic E-state index is -0.186. The van der Waals surface area contributed by atoms with Crippen molar-refractivity contribution in [2.45, 2.75) is 5.92 Å². The van der Waals surface area contributed by atoms with Gasteiger partial charge in [0.1, 0.15) is 0 Å². The van der Waals surface area contributed by atoms with E-state index >= 15 is 0 Å². The van der Waals surface area contributed by atoms with Crippen molar-refractivity contribution in [3.63, 3.8) is 0 Å². The second kappa shape index (κ2) is 10.4. The predicted molar refractivity (Wildman–Crippen MR) is 143 cm³/mol. The molecule has 1 unspecified atom stereocenters. The topological polar surface area (TPSA) is 76.2 Å². The summed E-state index contributed by atoms with van der Waals surface area (Å²) >= 11 is 0. The summed E-state index contributed by atoms with van der Waals surface area (Å²) in [5.41, 5.74) is 4.80. The molecule has 6 nitrogen and oxygen atoms in total. The number of aromatic amines is 1. The molecule has 5 aromatic rings. The van der Waals surface area contributed by atoms with Crippen molar-refractivity contribution in [2.75, 3.05) is 20.8 Å². The average Bonchev–Trinajstić information content (AvgIpc) is 3.35. The minimum absolute atomic E-state index is 0.164. The monoisotopic (exact) mass is 477 g/mol.